The molecule has 1 aromatic carbocycles. The summed E-state index contributed by atoms with van der Waals surface area (Å²) in [5.41, 5.74) is 2.58. The highest BCUT2D eigenvalue weighted by Crippen LogP contribution is 2.17. The molecule has 0 bridgehead atoms. The minimum atomic E-state index is 0.306. The van der Waals surface area contributed by atoms with Gasteiger partial charge in [-0.05, 0) is 24.8 Å². The lowest BCUT2D eigenvalue weighted by Gasteiger charge is -2.07. The Hall–Kier alpha value is -1.31. The topological polar surface area (TPSA) is 21.6 Å². The number of nitrogens with zero attached hydrogens (tertiary/aromatic N) is 1. The fourth-order valence-corrected chi connectivity index (χ4v) is 1.82. The van der Waals surface area contributed by atoms with Gasteiger partial charge >= 0.3 is 0 Å². The van der Waals surface area contributed by atoms with E-state index in [1.54, 1.807) is 0 Å². The minimum absolute atomic E-state index is 0.306. The lowest BCUT2D eigenvalue weighted by atomic mass is 10.0. The number of aryl methyl sites for hydroxylation is 1. The van der Waals surface area contributed by atoms with Crippen molar-refractivity contribution in [1.29, 1.82) is 0 Å². The van der Waals surface area contributed by atoms with E-state index in [-0.39, 0.29) is 0 Å². The normalized spacial score (nSPS) is 19.8. The lowest BCUT2D eigenvalue weighted by molar-refractivity contribution is 0.0794. The van der Waals surface area contributed by atoms with E-state index < -0.39 is 0 Å². The van der Waals surface area contributed by atoms with Gasteiger partial charge in [0.05, 0.1) is 5.71 Å². The maximum Gasteiger partial charge on any atom is 0.133 e. The van der Waals surface area contributed by atoms with Crippen molar-refractivity contribution < 1.29 is 4.84 Å². The Morgan fingerprint density at radius 1 is 1.33 bits per heavy atom. The summed E-state index contributed by atoms with van der Waals surface area (Å²) in [7, 11) is 0. The van der Waals surface area contributed by atoms with E-state index in [4.69, 9.17) is 4.84 Å². The summed E-state index contributed by atoms with van der Waals surface area (Å²) in [6, 6.07) is 10.5. The molecule has 1 aliphatic rings. The molecule has 0 fully saturated rings. The number of hydrogen-bond acceptors (Lipinski definition) is 2. The highest BCUT2D eigenvalue weighted by Gasteiger charge is 2.18. The van der Waals surface area contributed by atoms with Gasteiger partial charge in [-0.15, -0.1) is 0 Å². The quantitative estimate of drug-likeness (QED) is 0.736. The van der Waals surface area contributed by atoms with Crippen LogP contribution in [-0.2, 0) is 11.3 Å². The largest absolute Gasteiger partial charge is 0.392 e. The molecule has 2 nitrogen and oxygen atoms in total. The van der Waals surface area contributed by atoms with Crippen molar-refractivity contribution in [3.63, 3.8) is 0 Å². The van der Waals surface area contributed by atoms with Gasteiger partial charge in [0, 0.05) is 6.42 Å². The molecule has 1 atom stereocenters. The third-order valence-electron chi connectivity index (χ3n) is 2.80. The van der Waals surface area contributed by atoms with E-state index >= 15 is 0 Å². The zero-order valence-corrected chi connectivity index (χ0v) is 9.15. The number of benzene rings is 1. The van der Waals surface area contributed by atoms with Gasteiger partial charge in [-0.2, -0.15) is 0 Å². The van der Waals surface area contributed by atoms with Gasteiger partial charge < -0.3 is 4.84 Å². The summed E-state index contributed by atoms with van der Waals surface area (Å²) < 4.78 is 0. The van der Waals surface area contributed by atoms with Crippen LogP contribution >= 0.6 is 0 Å². The first-order valence-corrected chi connectivity index (χ1v) is 5.64. The van der Waals surface area contributed by atoms with Crippen molar-refractivity contribution in [2.75, 3.05) is 0 Å². The molecule has 0 saturated heterocycles. The summed E-state index contributed by atoms with van der Waals surface area (Å²) in [5.74, 6) is 0. The number of oxime groups is 1. The van der Waals surface area contributed by atoms with Gasteiger partial charge in [0.2, 0.25) is 0 Å². The van der Waals surface area contributed by atoms with Crippen LogP contribution in [0.25, 0.3) is 0 Å². The van der Waals surface area contributed by atoms with Crippen LogP contribution in [-0.4, -0.2) is 11.8 Å². The minimum Gasteiger partial charge on any atom is -0.392 e. The van der Waals surface area contributed by atoms with Crippen LogP contribution in [0.3, 0.4) is 0 Å². The van der Waals surface area contributed by atoms with Crippen LogP contribution in [0.2, 0.25) is 0 Å². The summed E-state index contributed by atoms with van der Waals surface area (Å²) in [6.45, 7) is 2.13. The summed E-state index contributed by atoms with van der Waals surface area (Å²) in [5, 5.41) is 4.06. The fourth-order valence-electron chi connectivity index (χ4n) is 1.82. The van der Waals surface area contributed by atoms with Gasteiger partial charge in [0.1, 0.15) is 6.10 Å². The second-order valence-electron chi connectivity index (χ2n) is 3.97. The highest BCUT2D eigenvalue weighted by molar-refractivity contribution is 5.85. The molecule has 1 heterocycles. The van der Waals surface area contributed by atoms with Crippen LogP contribution in [0, 0.1) is 0 Å². The monoisotopic (exact) mass is 203 g/mol. The third kappa shape index (κ3) is 2.82. The first-order chi connectivity index (χ1) is 7.38. The third-order valence-corrected chi connectivity index (χ3v) is 2.80. The highest BCUT2D eigenvalue weighted by atomic mass is 16.6. The van der Waals surface area contributed by atoms with Gasteiger partial charge in [-0.3, -0.25) is 0 Å². The Bertz CT molecular complexity index is 332. The smallest absolute Gasteiger partial charge is 0.133 e. The van der Waals surface area contributed by atoms with Gasteiger partial charge in [-0.1, -0.05) is 42.4 Å². The van der Waals surface area contributed by atoms with E-state index in [1.807, 2.05) is 6.07 Å². The molecule has 2 heteroatoms. The molecular formula is C13H17NO. The van der Waals surface area contributed by atoms with Crippen molar-refractivity contribution in [1.82, 2.24) is 0 Å². The van der Waals surface area contributed by atoms with Crippen LogP contribution in [0.5, 0.6) is 0 Å². The molecular weight excluding hydrogens is 186 g/mol. The number of hydrogen-bond donors (Lipinski definition) is 0. The van der Waals surface area contributed by atoms with E-state index in [0.717, 1.165) is 25.7 Å². The van der Waals surface area contributed by atoms with Crippen molar-refractivity contribution in [2.45, 2.75) is 38.7 Å². The summed E-state index contributed by atoms with van der Waals surface area (Å²) in [4.78, 5) is 5.37. The Morgan fingerprint density at radius 3 is 2.80 bits per heavy atom. The maximum absolute atomic E-state index is 5.37. The second-order valence-corrected chi connectivity index (χ2v) is 3.97. The van der Waals surface area contributed by atoms with Crippen molar-refractivity contribution in [3.05, 3.63) is 35.9 Å². The molecule has 2 rings (SSSR count). The van der Waals surface area contributed by atoms with Crippen LogP contribution in [0.15, 0.2) is 35.5 Å². The molecule has 0 aromatic heterocycles. The molecule has 0 amide bonds. The molecule has 0 N–H and O–H groups in total. The Balaban J connectivity index is 1.77. The van der Waals surface area contributed by atoms with E-state index in [9.17, 15) is 0 Å². The SMILES string of the molecule is CCC1=NOC(CCc2ccccc2)C1. The van der Waals surface area contributed by atoms with Gasteiger partial charge in [-0.25, -0.2) is 0 Å². The van der Waals surface area contributed by atoms with Crippen molar-refractivity contribution in [2.24, 2.45) is 5.16 Å². The molecule has 0 radical (unpaired) electrons. The van der Waals surface area contributed by atoms with Crippen LogP contribution in [0.1, 0.15) is 31.7 Å². The number of rotatable bonds is 4. The molecule has 15 heavy (non-hydrogen) atoms. The van der Waals surface area contributed by atoms with Gasteiger partial charge in [0.25, 0.3) is 0 Å². The predicted molar refractivity (Wildman–Crippen MR) is 62.0 cm³/mol. The first-order valence-electron chi connectivity index (χ1n) is 5.64. The van der Waals surface area contributed by atoms with Crippen LogP contribution in [0.4, 0.5) is 0 Å². The second kappa shape index (κ2) is 4.96. The maximum atomic E-state index is 5.37. The predicted octanol–water partition coefficient (Wildman–Crippen LogP) is 3.17. The van der Waals surface area contributed by atoms with E-state index in [2.05, 4.69) is 36.3 Å². The van der Waals surface area contributed by atoms with E-state index in [0.29, 0.717) is 6.10 Å². The average molecular weight is 203 g/mol. The molecule has 1 aliphatic heterocycles. The van der Waals surface area contributed by atoms with Crippen molar-refractivity contribution >= 4 is 5.71 Å². The molecule has 0 spiro atoms. The summed E-state index contributed by atoms with van der Waals surface area (Å²) >= 11 is 0. The van der Waals surface area contributed by atoms with Gasteiger partial charge in [0.15, 0.2) is 0 Å². The molecule has 1 unspecified atom stereocenters. The molecule has 1 aromatic rings. The standard InChI is InChI=1S/C13H17NO/c1-2-12-10-13(15-14-12)9-8-11-6-4-3-5-7-11/h3-7,13H,2,8-10H2,1H3. The first kappa shape index (κ1) is 10.2. The van der Waals surface area contributed by atoms with E-state index in [1.165, 1.54) is 11.3 Å². The van der Waals surface area contributed by atoms with Crippen LogP contribution < -0.4 is 0 Å². The Morgan fingerprint density at radius 2 is 2.13 bits per heavy atom. The van der Waals surface area contributed by atoms with Crippen molar-refractivity contribution in [3.8, 4) is 0 Å². The molecule has 80 valence electrons. The molecule has 0 saturated carbocycles. The Kier molecular flexibility index (Phi) is 3.38. The molecule has 0 aliphatic carbocycles. The zero-order chi connectivity index (χ0) is 10.5. The Labute approximate surface area is 90.9 Å². The fraction of sp³-hybridized carbons (Fsp3) is 0.462. The zero-order valence-electron chi connectivity index (χ0n) is 9.15. The summed E-state index contributed by atoms with van der Waals surface area (Å²) in [6.07, 6.45) is 4.49. The average Bonchev–Trinajstić information content (AvgIpc) is 2.76. The lowest BCUT2D eigenvalue weighted by Crippen LogP contribution is -2.08.